The fourth-order valence-corrected chi connectivity index (χ4v) is 1.46. The fraction of sp³-hybridized carbons (Fsp3) is 0.727. The maximum absolute atomic E-state index is 11.5. The van der Waals surface area contributed by atoms with E-state index in [-0.39, 0.29) is 12.1 Å². The Hall–Kier alpha value is -1.03. The summed E-state index contributed by atoms with van der Waals surface area (Å²) in [6.07, 6.45) is 5.27. The van der Waals surface area contributed by atoms with Gasteiger partial charge in [0.2, 0.25) is 0 Å². The van der Waals surface area contributed by atoms with Crippen LogP contribution in [0.3, 0.4) is 0 Å². The van der Waals surface area contributed by atoms with Gasteiger partial charge in [0.05, 0.1) is 6.04 Å². The highest BCUT2D eigenvalue weighted by atomic mass is 16.6. The number of carbonyl (C=O) groups excluding carboxylic acids is 1. The topological polar surface area (TPSA) is 64.3 Å². The lowest BCUT2D eigenvalue weighted by Crippen LogP contribution is -2.49. The molecule has 0 saturated heterocycles. The molecule has 4 nitrogen and oxygen atoms in total. The number of ether oxygens (including phenoxy) is 1. The second-order valence-corrected chi connectivity index (χ2v) is 4.86. The Morgan fingerprint density at radius 2 is 2.00 bits per heavy atom. The van der Waals surface area contributed by atoms with E-state index in [4.69, 9.17) is 10.5 Å². The van der Waals surface area contributed by atoms with Gasteiger partial charge in [0.15, 0.2) is 0 Å². The number of nitrogens with two attached hydrogens (primary N) is 1. The van der Waals surface area contributed by atoms with Gasteiger partial charge in [-0.25, -0.2) is 4.79 Å². The third-order valence-electron chi connectivity index (χ3n) is 2.18. The molecule has 1 rings (SSSR count). The van der Waals surface area contributed by atoms with E-state index >= 15 is 0 Å². The van der Waals surface area contributed by atoms with Crippen LogP contribution < -0.4 is 11.1 Å². The lowest BCUT2D eigenvalue weighted by molar-refractivity contribution is 0.0496. The summed E-state index contributed by atoms with van der Waals surface area (Å²) < 4.78 is 5.16. The van der Waals surface area contributed by atoms with Crippen molar-refractivity contribution in [2.75, 3.05) is 0 Å². The lowest BCUT2D eigenvalue weighted by Gasteiger charge is -2.28. The van der Waals surface area contributed by atoms with E-state index in [0.717, 1.165) is 12.8 Å². The summed E-state index contributed by atoms with van der Waals surface area (Å²) in [6, 6.07) is -0.0210. The number of hydrogen-bond acceptors (Lipinski definition) is 3. The molecule has 0 unspecified atom stereocenters. The van der Waals surface area contributed by atoms with Crippen molar-refractivity contribution in [3.05, 3.63) is 12.2 Å². The van der Waals surface area contributed by atoms with Gasteiger partial charge in [0, 0.05) is 6.04 Å². The first kappa shape index (κ1) is 12.0. The summed E-state index contributed by atoms with van der Waals surface area (Å²) >= 11 is 0. The van der Waals surface area contributed by atoms with E-state index in [9.17, 15) is 4.79 Å². The van der Waals surface area contributed by atoms with Crippen molar-refractivity contribution >= 4 is 6.09 Å². The maximum atomic E-state index is 11.5. The third-order valence-corrected chi connectivity index (χ3v) is 2.18. The number of amides is 1. The van der Waals surface area contributed by atoms with Crippen LogP contribution in [0.25, 0.3) is 0 Å². The Labute approximate surface area is 90.9 Å². The molecule has 0 aromatic heterocycles. The molecule has 0 saturated carbocycles. The van der Waals surface area contributed by atoms with Crippen LogP contribution in [0, 0.1) is 0 Å². The van der Waals surface area contributed by atoms with E-state index in [0.29, 0.717) is 0 Å². The van der Waals surface area contributed by atoms with E-state index in [2.05, 4.69) is 5.32 Å². The van der Waals surface area contributed by atoms with Gasteiger partial charge >= 0.3 is 6.09 Å². The van der Waals surface area contributed by atoms with Gasteiger partial charge < -0.3 is 15.8 Å². The molecule has 0 aliphatic heterocycles. The summed E-state index contributed by atoms with van der Waals surface area (Å²) in [5.74, 6) is 0. The smallest absolute Gasteiger partial charge is 0.407 e. The average Bonchev–Trinajstić information content (AvgIpc) is 2.05. The predicted molar refractivity (Wildman–Crippen MR) is 59.5 cm³/mol. The van der Waals surface area contributed by atoms with Crippen molar-refractivity contribution < 1.29 is 9.53 Å². The highest BCUT2D eigenvalue weighted by Gasteiger charge is 2.23. The minimum absolute atomic E-state index is 0.00940. The third kappa shape index (κ3) is 4.34. The van der Waals surface area contributed by atoms with Crippen LogP contribution in [-0.2, 0) is 4.74 Å². The first-order valence-electron chi connectivity index (χ1n) is 5.28. The average molecular weight is 212 g/mol. The van der Waals surface area contributed by atoms with Crippen LogP contribution >= 0.6 is 0 Å². The highest BCUT2D eigenvalue weighted by molar-refractivity contribution is 5.68. The molecule has 0 aromatic rings. The molecule has 1 aliphatic carbocycles. The zero-order valence-corrected chi connectivity index (χ0v) is 9.62. The zero-order valence-electron chi connectivity index (χ0n) is 9.62. The highest BCUT2D eigenvalue weighted by Crippen LogP contribution is 2.12. The molecular weight excluding hydrogens is 192 g/mol. The monoisotopic (exact) mass is 212 g/mol. The number of alkyl carbamates (subject to hydrolysis) is 1. The maximum Gasteiger partial charge on any atom is 0.407 e. The van der Waals surface area contributed by atoms with E-state index in [1.54, 1.807) is 0 Å². The molecule has 2 atom stereocenters. The Morgan fingerprint density at radius 3 is 2.53 bits per heavy atom. The van der Waals surface area contributed by atoms with Crippen molar-refractivity contribution in [1.29, 1.82) is 0 Å². The molecule has 0 fully saturated rings. The van der Waals surface area contributed by atoms with Gasteiger partial charge in [0.25, 0.3) is 0 Å². The minimum Gasteiger partial charge on any atom is -0.444 e. The van der Waals surface area contributed by atoms with Gasteiger partial charge in [-0.1, -0.05) is 12.2 Å². The largest absolute Gasteiger partial charge is 0.444 e. The molecule has 0 bridgehead atoms. The first-order valence-corrected chi connectivity index (χ1v) is 5.28. The van der Waals surface area contributed by atoms with Crippen molar-refractivity contribution in [3.63, 3.8) is 0 Å². The molecule has 0 spiro atoms. The predicted octanol–water partition coefficient (Wildman–Crippen LogP) is 1.56. The Balaban J connectivity index is 2.41. The minimum atomic E-state index is -0.460. The van der Waals surface area contributed by atoms with Crippen LogP contribution in [0.5, 0.6) is 0 Å². The van der Waals surface area contributed by atoms with Crippen LogP contribution in [0.15, 0.2) is 12.2 Å². The summed E-state index contributed by atoms with van der Waals surface area (Å²) in [5, 5.41) is 2.79. The number of nitrogens with one attached hydrogen (secondary N) is 1. The normalized spacial score (nSPS) is 26.1. The summed E-state index contributed by atoms with van der Waals surface area (Å²) in [7, 11) is 0. The second kappa shape index (κ2) is 4.66. The number of rotatable bonds is 1. The van der Waals surface area contributed by atoms with Gasteiger partial charge in [-0.05, 0) is 33.6 Å². The molecule has 1 amide bonds. The Morgan fingerprint density at radius 1 is 1.40 bits per heavy atom. The lowest BCUT2D eigenvalue weighted by atomic mass is 9.97. The molecule has 0 aromatic carbocycles. The molecule has 4 heteroatoms. The number of hydrogen-bond donors (Lipinski definition) is 2. The molecule has 15 heavy (non-hydrogen) atoms. The molecule has 0 heterocycles. The molecule has 0 radical (unpaired) electrons. The van der Waals surface area contributed by atoms with Crippen LogP contribution in [0.1, 0.15) is 33.6 Å². The SMILES string of the molecule is CC(C)(C)OC(=O)N[C@H]1CC=CC[C@@H]1N. The van der Waals surface area contributed by atoms with Crippen LogP contribution in [0.2, 0.25) is 0 Å². The van der Waals surface area contributed by atoms with Crippen molar-refractivity contribution in [2.45, 2.75) is 51.3 Å². The first-order chi connectivity index (χ1) is 6.88. The van der Waals surface area contributed by atoms with E-state index < -0.39 is 11.7 Å². The van der Waals surface area contributed by atoms with Crippen molar-refractivity contribution in [3.8, 4) is 0 Å². The second-order valence-electron chi connectivity index (χ2n) is 4.86. The van der Waals surface area contributed by atoms with Crippen LogP contribution in [-0.4, -0.2) is 23.8 Å². The standard InChI is InChI=1S/C11H20N2O2/c1-11(2,3)15-10(14)13-9-7-5-4-6-8(9)12/h4-5,8-9H,6-7,12H2,1-3H3,(H,13,14)/t8-,9-/m0/s1. The van der Waals surface area contributed by atoms with Gasteiger partial charge in [-0.3, -0.25) is 0 Å². The van der Waals surface area contributed by atoms with E-state index in [1.807, 2.05) is 32.9 Å². The van der Waals surface area contributed by atoms with E-state index in [1.165, 1.54) is 0 Å². The van der Waals surface area contributed by atoms with Gasteiger partial charge in [-0.2, -0.15) is 0 Å². The Kier molecular flexibility index (Phi) is 3.74. The molecule has 1 aliphatic rings. The molecule has 3 N–H and O–H groups in total. The van der Waals surface area contributed by atoms with Gasteiger partial charge in [0.1, 0.15) is 5.60 Å². The fourth-order valence-electron chi connectivity index (χ4n) is 1.46. The zero-order chi connectivity index (χ0) is 11.5. The molecule has 86 valence electrons. The van der Waals surface area contributed by atoms with Crippen molar-refractivity contribution in [2.24, 2.45) is 5.73 Å². The van der Waals surface area contributed by atoms with Crippen molar-refractivity contribution in [1.82, 2.24) is 5.32 Å². The quantitative estimate of drug-likeness (QED) is 0.648. The van der Waals surface area contributed by atoms with Crippen LogP contribution in [0.4, 0.5) is 4.79 Å². The number of carbonyl (C=O) groups is 1. The summed E-state index contributed by atoms with van der Waals surface area (Å²) in [4.78, 5) is 11.5. The van der Waals surface area contributed by atoms with Gasteiger partial charge in [-0.15, -0.1) is 0 Å². The molecular formula is C11H20N2O2. The summed E-state index contributed by atoms with van der Waals surface area (Å²) in [6.45, 7) is 5.52. The summed E-state index contributed by atoms with van der Waals surface area (Å²) in [5.41, 5.74) is 5.41. The Bertz CT molecular complexity index is 256.